The number of hydrogen-bond donors (Lipinski definition) is 0. The number of pyridine rings is 3. The Hall–Kier alpha value is -3.66. The van der Waals surface area contributed by atoms with Gasteiger partial charge in [-0.3, -0.25) is 4.98 Å². The van der Waals surface area contributed by atoms with Gasteiger partial charge in [-0.15, -0.1) is 41.5 Å². The van der Waals surface area contributed by atoms with Crippen molar-refractivity contribution in [1.82, 2.24) is 15.0 Å². The number of para-hydroxylation sites is 1. The van der Waals surface area contributed by atoms with Crippen molar-refractivity contribution in [3.8, 4) is 22.6 Å². The standard InChI is InChI=1S/C17H11N2O.C14H14N.Ir/c1-11-5-4-7-14(19-11)15-9-13-12-6-2-3-8-16(12)20-17(13)10-18-15;1-10-4-6-13(7-5-10)14-8-11(2)12(3)9-15-14;/h2-6,8-10H,1H3;4-6,8-9H,1-3H3;/q2*-1;. The second kappa shape index (κ2) is 10.9. The van der Waals surface area contributed by atoms with Crippen LogP contribution in [0.4, 0.5) is 0 Å². The Morgan fingerprint density at radius 2 is 1.53 bits per heavy atom. The van der Waals surface area contributed by atoms with E-state index in [1.54, 1.807) is 6.20 Å². The molecular formula is C31H25IrN3O-2. The third kappa shape index (κ3) is 5.43. The number of furan rings is 1. The van der Waals surface area contributed by atoms with Crippen LogP contribution >= 0.6 is 0 Å². The summed E-state index contributed by atoms with van der Waals surface area (Å²) in [7, 11) is 0. The molecule has 4 aromatic heterocycles. The van der Waals surface area contributed by atoms with E-state index < -0.39 is 0 Å². The summed E-state index contributed by atoms with van der Waals surface area (Å²) in [5.74, 6) is 0. The van der Waals surface area contributed by atoms with Crippen LogP contribution in [-0.2, 0) is 20.1 Å². The molecule has 1 radical (unpaired) electrons. The zero-order chi connectivity index (χ0) is 24.4. The van der Waals surface area contributed by atoms with Gasteiger partial charge in [0.05, 0.1) is 6.20 Å². The molecule has 6 aromatic rings. The van der Waals surface area contributed by atoms with Gasteiger partial charge in [0, 0.05) is 37.1 Å². The van der Waals surface area contributed by atoms with E-state index in [9.17, 15) is 0 Å². The molecule has 0 bridgehead atoms. The van der Waals surface area contributed by atoms with E-state index in [2.05, 4.69) is 72.1 Å². The van der Waals surface area contributed by atoms with Crippen LogP contribution in [0.15, 0.2) is 83.5 Å². The maximum atomic E-state index is 5.77. The van der Waals surface area contributed by atoms with E-state index in [1.165, 1.54) is 16.7 Å². The van der Waals surface area contributed by atoms with E-state index >= 15 is 0 Å². The first-order valence-corrected chi connectivity index (χ1v) is 11.5. The summed E-state index contributed by atoms with van der Waals surface area (Å²) in [5, 5.41) is 2.15. The molecule has 2 aromatic carbocycles. The van der Waals surface area contributed by atoms with Gasteiger partial charge in [0.2, 0.25) is 0 Å². The first-order chi connectivity index (χ1) is 17.0. The smallest absolute Gasteiger partial charge is 0.151 e. The molecule has 0 saturated heterocycles. The summed E-state index contributed by atoms with van der Waals surface area (Å²) in [6.07, 6.45) is 3.67. The zero-order valence-electron chi connectivity index (χ0n) is 20.6. The van der Waals surface area contributed by atoms with Crippen LogP contribution in [0.25, 0.3) is 44.6 Å². The molecule has 36 heavy (non-hydrogen) atoms. The SMILES string of the molecule is Cc1c[c-]c(-c2cc(C)c(C)cn2)cc1.Cc1cc[c-]c(-c2cc3c(cn2)oc2ccccc23)n1.[Ir]. The molecule has 5 heteroatoms. The fourth-order valence-electron chi connectivity index (χ4n) is 3.81. The molecule has 0 amide bonds. The van der Waals surface area contributed by atoms with Crippen molar-refractivity contribution in [1.29, 1.82) is 0 Å². The molecule has 4 nitrogen and oxygen atoms in total. The fraction of sp³-hybridized carbons (Fsp3) is 0.129. The summed E-state index contributed by atoms with van der Waals surface area (Å²) in [4.78, 5) is 13.3. The van der Waals surface area contributed by atoms with Crippen LogP contribution in [0.3, 0.4) is 0 Å². The summed E-state index contributed by atoms with van der Waals surface area (Å²) in [6.45, 7) is 8.21. The first-order valence-electron chi connectivity index (χ1n) is 11.5. The van der Waals surface area contributed by atoms with Gasteiger partial charge in [0.15, 0.2) is 5.58 Å². The van der Waals surface area contributed by atoms with E-state index in [0.717, 1.165) is 50.3 Å². The Bertz CT molecular complexity index is 1640. The summed E-state index contributed by atoms with van der Waals surface area (Å²) >= 11 is 0. The molecule has 0 aliphatic carbocycles. The molecule has 6 rings (SSSR count). The minimum absolute atomic E-state index is 0. The molecule has 0 spiro atoms. The molecule has 181 valence electrons. The van der Waals surface area contributed by atoms with Gasteiger partial charge in [-0.2, -0.15) is 12.1 Å². The van der Waals surface area contributed by atoms with Crippen molar-refractivity contribution in [3.05, 3.63) is 114 Å². The van der Waals surface area contributed by atoms with Gasteiger partial charge in [-0.05, 0) is 55.2 Å². The quantitative estimate of drug-likeness (QED) is 0.182. The fourth-order valence-corrected chi connectivity index (χ4v) is 3.81. The van der Waals surface area contributed by atoms with Crippen molar-refractivity contribution in [3.63, 3.8) is 0 Å². The number of benzene rings is 2. The molecule has 0 aliphatic heterocycles. The largest absolute Gasteiger partial charge is 0.455 e. The predicted octanol–water partition coefficient (Wildman–Crippen LogP) is 7.62. The van der Waals surface area contributed by atoms with E-state index in [-0.39, 0.29) is 20.1 Å². The minimum atomic E-state index is 0. The number of rotatable bonds is 2. The summed E-state index contributed by atoms with van der Waals surface area (Å²) in [5.41, 5.74) is 9.98. The van der Waals surface area contributed by atoms with Crippen LogP contribution in [0, 0.1) is 39.8 Å². The maximum absolute atomic E-state index is 5.77. The minimum Gasteiger partial charge on any atom is -0.455 e. The second-order valence-corrected chi connectivity index (χ2v) is 8.68. The second-order valence-electron chi connectivity index (χ2n) is 8.68. The number of aromatic nitrogens is 3. The van der Waals surface area contributed by atoms with Crippen LogP contribution in [-0.4, -0.2) is 15.0 Å². The molecule has 0 aliphatic rings. The van der Waals surface area contributed by atoms with Gasteiger partial charge in [0.1, 0.15) is 5.58 Å². The van der Waals surface area contributed by atoms with Crippen molar-refractivity contribution < 1.29 is 24.5 Å². The Kier molecular flexibility index (Phi) is 7.73. The van der Waals surface area contributed by atoms with E-state index in [1.807, 2.05) is 55.6 Å². The maximum Gasteiger partial charge on any atom is 0.151 e. The topological polar surface area (TPSA) is 51.8 Å². The van der Waals surface area contributed by atoms with Gasteiger partial charge in [0.25, 0.3) is 0 Å². The van der Waals surface area contributed by atoms with Crippen molar-refractivity contribution in [2.45, 2.75) is 27.7 Å². The third-order valence-corrected chi connectivity index (χ3v) is 5.96. The Morgan fingerprint density at radius 1 is 0.722 bits per heavy atom. The van der Waals surface area contributed by atoms with Crippen LogP contribution < -0.4 is 0 Å². The summed E-state index contributed by atoms with van der Waals surface area (Å²) in [6, 6.07) is 28.4. The van der Waals surface area contributed by atoms with Gasteiger partial charge in [-0.25, -0.2) is 0 Å². The van der Waals surface area contributed by atoms with Crippen LogP contribution in [0.2, 0.25) is 0 Å². The normalized spacial score (nSPS) is 10.6. The molecule has 0 atom stereocenters. The molecule has 0 fully saturated rings. The average Bonchev–Trinajstić information content (AvgIpc) is 3.25. The number of aryl methyl sites for hydroxylation is 4. The number of hydrogen-bond acceptors (Lipinski definition) is 4. The predicted molar refractivity (Wildman–Crippen MR) is 141 cm³/mol. The molecule has 0 saturated carbocycles. The number of fused-ring (bicyclic) bond motifs is 3. The molecule has 4 heterocycles. The van der Waals surface area contributed by atoms with Crippen LogP contribution in [0.1, 0.15) is 22.4 Å². The average molecular weight is 648 g/mol. The molecule has 0 unspecified atom stereocenters. The zero-order valence-corrected chi connectivity index (χ0v) is 23.0. The van der Waals surface area contributed by atoms with Gasteiger partial charge < -0.3 is 14.4 Å². The Labute approximate surface area is 224 Å². The number of nitrogens with zero attached hydrogens (tertiary/aromatic N) is 3. The van der Waals surface area contributed by atoms with Gasteiger partial charge >= 0.3 is 0 Å². The molecule has 0 N–H and O–H groups in total. The van der Waals surface area contributed by atoms with E-state index in [4.69, 9.17) is 4.42 Å². The van der Waals surface area contributed by atoms with Crippen molar-refractivity contribution in [2.75, 3.05) is 0 Å². The van der Waals surface area contributed by atoms with E-state index in [0.29, 0.717) is 0 Å². The van der Waals surface area contributed by atoms with Crippen LogP contribution in [0.5, 0.6) is 0 Å². The van der Waals surface area contributed by atoms with Crippen molar-refractivity contribution in [2.24, 2.45) is 0 Å². The Balaban J connectivity index is 0.000000172. The monoisotopic (exact) mass is 648 g/mol. The summed E-state index contributed by atoms with van der Waals surface area (Å²) < 4.78 is 5.77. The first kappa shape index (κ1) is 25.4. The van der Waals surface area contributed by atoms with Crippen molar-refractivity contribution >= 4 is 21.9 Å². The third-order valence-electron chi connectivity index (χ3n) is 5.96. The van der Waals surface area contributed by atoms with Gasteiger partial charge in [-0.1, -0.05) is 42.8 Å². The molecular weight excluding hydrogens is 623 g/mol. The Morgan fingerprint density at radius 3 is 2.28 bits per heavy atom.